The van der Waals surface area contributed by atoms with Gasteiger partial charge in [-0.2, -0.15) is 0 Å². The van der Waals surface area contributed by atoms with E-state index < -0.39 is 6.17 Å². The van der Waals surface area contributed by atoms with E-state index in [9.17, 15) is 4.39 Å². The maximum atomic E-state index is 13.5. The molecule has 2 N–H and O–H groups in total. The van der Waals surface area contributed by atoms with Gasteiger partial charge >= 0.3 is 0 Å². The third-order valence-electron chi connectivity index (χ3n) is 3.43. The zero-order valence-corrected chi connectivity index (χ0v) is 10.7. The predicted molar refractivity (Wildman–Crippen MR) is 70.7 cm³/mol. The minimum absolute atomic E-state index is 0.323. The van der Waals surface area contributed by atoms with Crippen LogP contribution < -0.4 is 10.5 Å². The van der Waals surface area contributed by atoms with E-state index in [-0.39, 0.29) is 6.04 Å². The Hall–Kier alpha value is -1.88. The summed E-state index contributed by atoms with van der Waals surface area (Å²) in [5, 5.41) is 0. The van der Waals surface area contributed by atoms with Crippen molar-refractivity contribution in [1.82, 2.24) is 9.55 Å². The number of benzene rings is 1. The first-order chi connectivity index (χ1) is 9.17. The van der Waals surface area contributed by atoms with E-state index in [1.165, 1.54) is 0 Å². The standard InChI is InChI=1S/C14H16FN3O/c1-19-11-4-2-9(3-5-11)13-8-18-7-10(15)6-12(16)14(18)17-13/h2-5,8,10,12H,6-7,16H2,1H3. The number of ether oxygens (including phenoxy) is 1. The van der Waals surface area contributed by atoms with Crippen molar-refractivity contribution in [3.05, 3.63) is 36.3 Å². The molecular formula is C14H16FN3O. The first-order valence-electron chi connectivity index (χ1n) is 6.28. The molecule has 2 atom stereocenters. The number of hydrogen-bond acceptors (Lipinski definition) is 3. The van der Waals surface area contributed by atoms with Crippen LogP contribution in [0.2, 0.25) is 0 Å². The number of aromatic nitrogens is 2. The second-order valence-corrected chi connectivity index (χ2v) is 4.80. The number of nitrogens with zero attached hydrogens (tertiary/aromatic N) is 2. The fourth-order valence-electron chi connectivity index (χ4n) is 2.44. The zero-order chi connectivity index (χ0) is 13.4. The minimum atomic E-state index is -0.889. The molecule has 2 unspecified atom stereocenters. The Morgan fingerprint density at radius 2 is 2.11 bits per heavy atom. The summed E-state index contributed by atoms with van der Waals surface area (Å²) in [6, 6.07) is 7.31. The largest absolute Gasteiger partial charge is 0.497 e. The zero-order valence-electron chi connectivity index (χ0n) is 10.7. The van der Waals surface area contributed by atoms with Gasteiger partial charge in [-0.15, -0.1) is 0 Å². The monoisotopic (exact) mass is 261 g/mol. The Balaban J connectivity index is 1.95. The quantitative estimate of drug-likeness (QED) is 0.902. The van der Waals surface area contributed by atoms with Crippen LogP contribution in [-0.2, 0) is 6.54 Å². The maximum Gasteiger partial charge on any atom is 0.126 e. The average Bonchev–Trinajstić information content (AvgIpc) is 2.83. The molecular weight excluding hydrogens is 245 g/mol. The molecule has 1 aliphatic heterocycles. The van der Waals surface area contributed by atoms with Gasteiger partial charge in [-0.05, 0) is 24.3 Å². The number of fused-ring (bicyclic) bond motifs is 1. The highest BCUT2D eigenvalue weighted by atomic mass is 19.1. The lowest BCUT2D eigenvalue weighted by Gasteiger charge is -2.22. The Labute approximate surface area is 111 Å². The van der Waals surface area contributed by atoms with E-state index in [4.69, 9.17) is 10.5 Å². The Kier molecular flexibility index (Phi) is 2.98. The van der Waals surface area contributed by atoms with E-state index >= 15 is 0 Å². The highest BCUT2D eigenvalue weighted by Crippen LogP contribution is 2.28. The SMILES string of the molecule is COc1ccc(-c2cn3c(n2)C(N)CC(F)C3)cc1. The molecule has 100 valence electrons. The molecule has 5 heteroatoms. The molecule has 1 aromatic carbocycles. The number of halogens is 1. The van der Waals surface area contributed by atoms with E-state index in [1.807, 2.05) is 35.0 Å². The van der Waals surface area contributed by atoms with Crippen LogP contribution in [0.25, 0.3) is 11.3 Å². The van der Waals surface area contributed by atoms with Crippen LogP contribution in [0.5, 0.6) is 5.75 Å². The van der Waals surface area contributed by atoms with E-state index in [1.54, 1.807) is 7.11 Å². The molecule has 0 aliphatic carbocycles. The lowest BCUT2D eigenvalue weighted by Crippen LogP contribution is -2.29. The van der Waals surface area contributed by atoms with Crippen molar-refractivity contribution < 1.29 is 9.13 Å². The molecule has 0 amide bonds. The summed E-state index contributed by atoms with van der Waals surface area (Å²) in [5.74, 6) is 1.56. The molecule has 0 radical (unpaired) electrons. The Bertz CT molecular complexity index is 579. The predicted octanol–water partition coefficient (Wildman–Crippen LogP) is 2.30. The van der Waals surface area contributed by atoms with Crippen molar-refractivity contribution in [3.8, 4) is 17.0 Å². The molecule has 0 spiro atoms. The first kappa shape index (κ1) is 12.2. The fourth-order valence-corrected chi connectivity index (χ4v) is 2.44. The topological polar surface area (TPSA) is 53.1 Å². The van der Waals surface area contributed by atoms with Gasteiger partial charge in [0.2, 0.25) is 0 Å². The molecule has 1 aliphatic rings. The molecule has 2 aromatic rings. The first-order valence-corrected chi connectivity index (χ1v) is 6.28. The second-order valence-electron chi connectivity index (χ2n) is 4.80. The van der Waals surface area contributed by atoms with Crippen molar-refractivity contribution in [3.63, 3.8) is 0 Å². The van der Waals surface area contributed by atoms with Crippen LogP contribution in [-0.4, -0.2) is 22.8 Å². The van der Waals surface area contributed by atoms with Crippen molar-refractivity contribution >= 4 is 0 Å². The van der Waals surface area contributed by atoms with Crippen LogP contribution in [0.15, 0.2) is 30.5 Å². The van der Waals surface area contributed by atoms with Crippen LogP contribution >= 0.6 is 0 Å². The van der Waals surface area contributed by atoms with Crippen molar-refractivity contribution in [2.45, 2.75) is 25.2 Å². The molecule has 0 fully saturated rings. The van der Waals surface area contributed by atoms with Gasteiger partial charge < -0.3 is 15.0 Å². The summed E-state index contributed by atoms with van der Waals surface area (Å²) < 4.78 is 20.4. The van der Waals surface area contributed by atoms with Crippen LogP contribution in [0.4, 0.5) is 4.39 Å². The lowest BCUT2D eigenvalue weighted by atomic mass is 10.1. The van der Waals surface area contributed by atoms with Gasteiger partial charge in [0.1, 0.15) is 17.7 Å². The third-order valence-corrected chi connectivity index (χ3v) is 3.43. The molecule has 0 bridgehead atoms. The summed E-state index contributed by atoms with van der Waals surface area (Å²) in [7, 11) is 1.63. The maximum absolute atomic E-state index is 13.5. The van der Waals surface area contributed by atoms with E-state index in [2.05, 4.69) is 4.98 Å². The molecule has 2 heterocycles. The third kappa shape index (κ3) is 2.21. The van der Waals surface area contributed by atoms with Crippen LogP contribution in [0.1, 0.15) is 18.3 Å². The molecule has 3 rings (SSSR count). The fraction of sp³-hybridized carbons (Fsp3) is 0.357. The summed E-state index contributed by atoms with van der Waals surface area (Å²) in [6.07, 6.45) is 1.32. The van der Waals surface area contributed by atoms with Crippen molar-refractivity contribution in [1.29, 1.82) is 0 Å². The number of nitrogens with two attached hydrogens (primary N) is 1. The number of methoxy groups -OCH3 is 1. The van der Waals surface area contributed by atoms with E-state index in [0.717, 1.165) is 22.8 Å². The molecule has 0 saturated heterocycles. The van der Waals surface area contributed by atoms with Gasteiger partial charge in [0.15, 0.2) is 0 Å². The van der Waals surface area contributed by atoms with Gasteiger partial charge in [0, 0.05) is 18.2 Å². The smallest absolute Gasteiger partial charge is 0.126 e. The number of imidazole rings is 1. The van der Waals surface area contributed by atoms with Gasteiger partial charge in [0.25, 0.3) is 0 Å². The number of hydrogen-bond donors (Lipinski definition) is 1. The molecule has 19 heavy (non-hydrogen) atoms. The van der Waals surface area contributed by atoms with Crippen LogP contribution in [0, 0.1) is 0 Å². The Morgan fingerprint density at radius 1 is 1.37 bits per heavy atom. The summed E-state index contributed by atoms with van der Waals surface area (Å²) in [4.78, 5) is 4.52. The highest BCUT2D eigenvalue weighted by Gasteiger charge is 2.26. The van der Waals surface area contributed by atoms with Crippen molar-refractivity contribution in [2.24, 2.45) is 5.73 Å². The second kappa shape index (κ2) is 4.66. The number of alkyl halides is 1. The van der Waals surface area contributed by atoms with Crippen molar-refractivity contribution in [2.75, 3.05) is 7.11 Å². The normalized spacial score (nSPS) is 22.1. The summed E-state index contributed by atoms with van der Waals surface area (Å²) in [5.41, 5.74) is 7.73. The van der Waals surface area contributed by atoms with Gasteiger partial charge in [-0.25, -0.2) is 9.37 Å². The molecule has 0 saturated carbocycles. The van der Waals surface area contributed by atoms with Crippen LogP contribution in [0.3, 0.4) is 0 Å². The van der Waals surface area contributed by atoms with Gasteiger partial charge in [-0.1, -0.05) is 0 Å². The molecule has 1 aromatic heterocycles. The summed E-state index contributed by atoms with van der Waals surface area (Å²) in [6.45, 7) is 0.339. The lowest BCUT2D eigenvalue weighted by molar-refractivity contribution is 0.230. The number of rotatable bonds is 2. The molecule has 4 nitrogen and oxygen atoms in total. The minimum Gasteiger partial charge on any atom is -0.497 e. The highest BCUT2D eigenvalue weighted by molar-refractivity contribution is 5.60. The van der Waals surface area contributed by atoms with Gasteiger partial charge in [-0.3, -0.25) is 0 Å². The Morgan fingerprint density at radius 3 is 2.79 bits per heavy atom. The van der Waals surface area contributed by atoms with E-state index in [0.29, 0.717) is 13.0 Å². The summed E-state index contributed by atoms with van der Waals surface area (Å²) >= 11 is 0. The average molecular weight is 261 g/mol. The van der Waals surface area contributed by atoms with Gasteiger partial charge in [0.05, 0.1) is 25.4 Å².